The van der Waals surface area contributed by atoms with Crippen LogP contribution in [-0.2, 0) is 6.54 Å². The molecule has 0 saturated heterocycles. The minimum Gasteiger partial charge on any atom is -0.496 e. The van der Waals surface area contributed by atoms with E-state index in [2.05, 4.69) is 4.99 Å². The van der Waals surface area contributed by atoms with E-state index in [9.17, 15) is 4.79 Å². The Morgan fingerprint density at radius 2 is 2.26 bits per heavy atom. The van der Waals surface area contributed by atoms with Gasteiger partial charge >= 0.3 is 0 Å². The number of thiazole rings is 1. The third-order valence-corrected chi connectivity index (χ3v) is 4.14. The van der Waals surface area contributed by atoms with Crippen LogP contribution in [0.1, 0.15) is 12.0 Å². The number of fused-ring (bicyclic) bond motifs is 1. The van der Waals surface area contributed by atoms with Gasteiger partial charge in [-0.1, -0.05) is 29.5 Å². The molecule has 1 aliphatic heterocycles. The molecule has 0 spiro atoms. The Morgan fingerprint density at radius 3 is 3.05 bits per heavy atom. The standard InChI is InChI=1S/C14H14N2O2S/c1-18-11-6-3-2-5-10(11)9-12-13(17)16-8-4-7-15-14(16)19-12/h2-3,5-6,9H,4,7-8H2,1H3/b12-9-. The van der Waals surface area contributed by atoms with E-state index in [1.807, 2.05) is 30.3 Å². The van der Waals surface area contributed by atoms with Gasteiger partial charge in [0.2, 0.25) is 0 Å². The molecule has 0 bridgehead atoms. The van der Waals surface area contributed by atoms with Gasteiger partial charge in [-0.15, -0.1) is 0 Å². The lowest BCUT2D eigenvalue weighted by atomic mass is 10.2. The van der Waals surface area contributed by atoms with Gasteiger partial charge in [0, 0.05) is 18.7 Å². The molecule has 0 amide bonds. The van der Waals surface area contributed by atoms with Crippen molar-refractivity contribution in [2.75, 3.05) is 13.7 Å². The summed E-state index contributed by atoms with van der Waals surface area (Å²) < 4.78 is 7.77. The van der Waals surface area contributed by atoms with Gasteiger partial charge in [-0.2, -0.15) is 0 Å². The summed E-state index contributed by atoms with van der Waals surface area (Å²) >= 11 is 1.45. The lowest BCUT2D eigenvalue weighted by Crippen LogP contribution is -2.33. The largest absolute Gasteiger partial charge is 0.496 e. The zero-order chi connectivity index (χ0) is 13.2. The van der Waals surface area contributed by atoms with Gasteiger partial charge < -0.3 is 4.74 Å². The zero-order valence-electron chi connectivity index (χ0n) is 10.6. The average Bonchev–Trinajstić information content (AvgIpc) is 2.77. The van der Waals surface area contributed by atoms with Crippen molar-refractivity contribution in [2.24, 2.45) is 4.99 Å². The van der Waals surface area contributed by atoms with Crippen LogP contribution in [0.3, 0.4) is 0 Å². The summed E-state index contributed by atoms with van der Waals surface area (Å²) in [5, 5.41) is 0. The Labute approximate surface area is 114 Å². The van der Waals surface area contributed by atoms with E-state index in [1.54, 1.807) is 11.7 Å². The SMILES string of the molecule is COc1ccccc1/C=c1\sc2n(c1=O)CCCN=2. The fraction of sp³-hybridized carbons (Fsp3) is 0.286. The number of benzene rings is 1. The molecule has 1 aromatic carbocycles. The van der Waals surface area contributed by atoms with E-state index in [1.165, 1.54) is 11.3 Å². The van der Waals surface area contributed by atoms with E-state index in [0.29, 0.717) is 4.53 Å². The minimum atomic E-state index is 0.0503. The van der Waals surface area contributed by atoms with Crippen LogP contribution in [0.15, 0.2) is 34.1 Å². The summed E-state index contributed by atoms with van der Waals surface area (Å²) in [6, 6.07) is 7.68. The molecular weight excluding hydrogens is 260 g/mol. The van der Waals surface area contributed by atoms with Crippen LogP contribution in [0.5, 0.6) is 5.75 Å². The number of aromatic nitrogens is 1. The van der Waals surface area contributed by atoms with Crippen molar-refractivity contribution < 1.29 is 4.74 Å². The molecule has 2 heterocycles. The first kappa shape index (κ1) is 12.2. The molecule has 19 heavy (non-hydrogen) atoms. The van der Waals surface area contributed by atoms with Crippen LogP contribution in [0.4, 0.5) is 0 Å². The monoisotopic (exact) mass is 274 g/mol. The Balaban J connectivity index is 2.20. The molecule has 0 saturated carbocycles. The Hall–Kier alpha value is -1.88. The summed E-state index contributed by atoms with van der Waals surface area (Å²) in [7, 11) is 1.63. The maximum Gasteiger partial charge on any atom is 0.270 e. The number of methoxy groups -OCH3 is 1. The van der Waals surface area contributed by atoms with E-state index in [-0.39, 0.29) is 5.56 Å². The van der Waals surface area contributed by atoms with Gasteiger partial charge in [-0.3, -0.25) is 14.4 Å². The maximum absolute atomic E-state index is 12.3. The topological polar surface area (TPSA) is 43.6 Å². The summed E-state index contributed by atoms with van der Waals surface area (Å²) in [4.78, 5) is 17.5. The second kappa shape index (κ2) is 5.01. The van der Waals surface area contributed by atoms with Crippen molar-refractivity contribution >= 4 is 17.4 Å². The predicted molar refractivity (Wildman–Crippen MR) is 75.4 cm³/mol. The number of nitrogens with zero attached hydrogens (tertiary/aromatic N) is 2. The molecule has 1 aliphatic rings. The van der Waals surface area contributed by atoms with Gasteiger partial charge in [0.05, 0.1) is 11.6 Å². The Kier molecular flexibility index (Phi) is 3.21. The Morgan fingerprint density at radius 1 is 1.42 bits per heavy atom. The molecule has 0 aliphatic carbocycles. The molecule has 0 N–H and O–H groups in total. The second-order valence-electron chi connectivity index (χ2n) is 4.33. The summed E-state index contributed by atoms with van der Waals surface area (Å²) in [5.74, 6) is 0.773. The zero-order valence-corrected chi connectivity index (χ0v) is 11.4. The average molecular weight is 274 g/mol. The van der Waals surface area contributed by atoms with Gasteiger partial charge in [-0.25, -0.2) is 0 Å². The van der Waals surface area contributed by atoms with Crippen molar-refractivity contribution in [3.8, 4) is 5.75 Å². The van der Waals surface area contributed by atoms with Crippen LogP contribution in [0, 0.1) is 0 Å². The summed E-state index contributed by atoms with van der Waals surface area (Å²) in [6.45, 7) is 1.59. The maximum atomic E-state index is 12.3. The van der Waals surface area contributed by atoms with Crippen LogP contribution >= 0.6 is 11.3 Å². The molecular formula is C14H14N2O2S. The molecule has 1 aromatic heterocycles. The fourth-order valence-electron chi connectivity index (χ4n) is 2.15. The second-order valence-corrected chi connectivity index (χ2v) is 5.34. The highest BCUT2D eigenvalue weighted by atomic mass is 32.1. The molecule has 98 valence electrons. The van der Waals surface area contributed by atoms with Gasteiger partial charge in [0.25, 0.3) is 5.56 Å². The smallest absolute Gasteiger partial charge is 0.270 e. The van der Waals surface area contributed by atoms with Gasteiger partial charge in [-0.05, 0) is 18.6 Å². The quantitative estimate of drug-likeness (QED) is 0.812. The van der Waals surface area contributed by atoms with E-state index >= 15 is 0 Å². The van der Waals surface area contributed by atoms with Crippen LogP contribution < -0.4 is 19.6 Å². The van der Waals surface area contributed by atoms with Crippen molar-refractivity contribution in [2.45, 2.75) is 13.0 Å². The molecule has 4 nitrogen and oxygen atoms in total. The van der Waals surface area contributed by atoms with Crippen molar-refractivity contribution in [3.05, 3.63) is 49.5 Å². The number of para-hydroxylation sites is 1. The number of ether oxygens (including phenoxy) is 1. The highest BCUT2D eigenvalue weighted by Crippen LogP contribution is 2.17. The minimum absolute atomic E-state index is 0.0503. The number of hydrogen-bond acceptors (Lipinski definition) is 4. The summed E-state index contributed by atoms with van der Waals surface area (Å²) in [5.41, 5.74) is 0.968. The van der Waals surface area contributed by atoms with E-state index < -0.39 is 0 Å². The van der Waals surface area contributed by atoms with E-state index in [0.717, 1.165) is 35.6 Å². The highest BCUT2D eigenvalue weighted by Gasteiger charge is 2.09. The normalized spacial score (nSPS) is 14.9. The first-order valence-electron chi connectivity index (χ1n) is 6.18. The lowest BCUT2D eigenvalue weighted by Gasteiger charge is -2.03. The van der Waals surface area contributed by atoms with Crippen molar-refractivity contribution in [3.63, 3.8) is 0 Å². The van der Waals surface area contributed by atoms with Crippen molar-refractivity contribution in [1.29, 1.82) is 0 Å². The van der Waals surface area contributed by atoms with Crippen LogP contribution in [0.25, 0.3) is 6.08 Å². The fourth-order valence-corrected chi connectivity index (χ4v) is 3.17. The first-order chi connectivity index (χ1) is 9.29. The molecule has 5 heteroatoms. The van der Waals surface area contributed by atoms with Gasteiger partial charge in [0.15, 0.2) is 4.80 Å². The molecule has 0 radical (unpaired) electrons. The summed E-state index contributed by atoms with van der Waals surface area (Å²) in [6.07, 6.45) is 2.82. The Bertz CT molecular complexity index is 773. The molecule has 0 fully saturated rings. The lowest BCUT2D eigenvalue weighted by molar-refractivity contribution is 0.414. The van der Waals surface area contributed by atoms with Crippen LogP contribution in [0.2, 0.25) is 0 Å². The van der Waals surface area contributed by atoms with Crippen LogP contribution in [-0.4, -0.2) is 18.2 Å². The van der Waals surface area contributed by atoms with Gasteiger partial charge in [0.1, 0.15) is 5.75 Å². The molecule has 0 unspecified atom stereocenters. The predicted octanol–water partition coefficient (Wildman–Crippen LogP) is 0.770. The third kappa shape index (κ3) is 2.21. The van der Waals surface area contributed by atoms with E-state index in [4.69, 9.17) is 4.74 Å². The number of hydrogen-bond donors (Lipinski definition) is 0. The molecule has 3 rings (SSSR count). The highest BCUT2D eigenvalue weighted by molar-refractivity contribution is 7.07. The molecule has 0 atom stereocenters. The number of rotatable bonds is 2. The third-order valence-electron chi connectivity index (χ3n) is 3.10. The first-order valence-corrected chi connectivity index (χ1v) is 7.00. The van der Waals surface area contributed by atoms with Crippen molar-refractivity contribution in [1.82, 2.24) is 4.57 Å². The molecule has 2 aromatic rings.